The van der Waals surface area contributed by atoms with E-state index in [4.69, 9.17) is 0 Å². The topological polar surface area (TPSA) is 40.5 Å². The SMILES string of the molecule is Cc1cc(F)ccc1-c1ccc(C(=O)N2CCC(O)CC2)cc1F. The van der Waals surface area contributed by atoms with Crippen molar-refractivity contribution < 1.29 is 18.7 Å². The van der Waals surface area contributed by atoms with Gasteiger partial charge in [0.25, 0.3) is 5.91 Å². The maximum atomic E-state index is 14.5. The zero-order valence-corrected chi connectivity index (χ0v) is 13.4. The Kier molecular flexibility index (Phi) is 4.62. The highest BCUT2D eigenvalue weighted by molar-refractivity contribution is 5.95. The molecule has 1 N–H and O–H groups in total. The number of aliphatic hydroxyl groups excluding tert-OH is 1. The minimum Gasteiger partial charge on any atom is -0.393 e. The Morgan fingerprint density at radius 1 is 1.08 bits per heavy atom. The van der Waals surface area contributed by atoms with E-state index in [9.17, 15) is 18.7 Å². The molecule has 0 radical (unpaired) electrons. The Morgan fingerprint density at radius 2 is 1.75 bits per heavy atom. The van der Waals surface area contributed by atoms with Crippen molar-refractivity contribution in [3.63, 3.8) is 0 Å². The highest BCUT2D eigenvalue weighted by Gasteiger charge is 2.23. The molecule has 0 aromatic heterocycles. The molecule has 126 valence electrons. The lowest BCUT2D eigenvalue weighted by molar-refractivity contribution is 0.0546. The van der Waals surface area contributed by atoms with Crippen LogP contribution in [-0.2, 0) is 0 Å². The molecule has 0 spiro atoms. The van der Waals surface area contributed by atoms with E-state index in [-0.39, 0.29) is 23.4 Å². The molecule has 3 rings (SSSR count). The van der Waals surface area contributed by atoms with Gasteiger partial charge in [-0.15, -0.1) is 0 Å². The highest BCUT2D eigenvalue weighted by Crippen LogP contribution is 2.28. The fourth-order valence-corrected chi connectivity index (χ4v) is 3.05. The van der Waals surface area contributed by atoms with Gasteiger partial charge in [-0.1, -0.05) is 12.1 Å². The lowest BCUT2D eigenvalue weighted by Crippen LogP contribution is -2.40. The van der Waals surface area contributed by atoms with Crippen molar-refractivity contribution in [3.05, 3.63) is 59.2 Å². The van der Waals surface area contributed by atoms with Crippen LogP contribution in [0.1, 0.15) is 28.8 Å². The molecule has 1 heterocycles. The van der Waals surface area contributed by atoms with Crippen LogP contribution in [0.15, 0.2) is 36.4 Å². The summed E-state index contributed by atoms with van der Waals surface area (Å²) in [5.74, 6) is -1.11. The summed E-state index contributed by atoms with van der Waals surface area (Å²) in [6, 6.07) is 8.56. The first-order valence-corrected chi connectivity index (χ1v) is 7.99. The Hall–Kier alpha value is -2.27. The van der Waals surface area contributed by atoms with Crippen LogP contribution in [0.5, 0.6) is 0 Å². The number of amides is 1. The minimum atomic E-state index is -0.507. The van der Waals surface area contributed by atoms with Gasteiger partial charge in [-0.05, 0) is 55.2 Å². The quantitative estimate of drug-likeness (QED) is 0.914. The first-order chi connectivity index (χ1) is 11.5. The maximum absolute atomic E-state index is 14.5. The lowest BCUT2D eigenvalue weighted by atomic mass is 9.98. The van der Waals surface area contributed by atoms with Crippen molar-refractivity contribution in [1.82, 2.24) is 4.90 Å². The molecule has 1 aliphatic rings. The monoisotopic (exact) mass is 331 g/mol. The number of rotatable bonds is 2. The number of carbonyl (C=O) groups is 1. The average molecular weight is 331 g/mol. The fourth-order valence-electron chi connectivity index (χ4n) is 3.05. The summed E-state index contributed by atoms with van der Waals surface area (Å²) >= 11 is 0. The molecular weight excluding hydrogens is 312 g/mol. The summed E-state index contributed by atoms with van der Waals surface area (Å²) in [4.78, 5) is 14.1. The number of benzene rings is 2. The molecular formula is C19H19F2NO2. The van der Waals surface area contributed by atoms with Crippen molar-refractivity contribution in [2.45, 2.75) is 25.9 Å². The molecule has 24 heavy (non-hydrogen) atoms. The van der Waals surface area contributed by atoms with Crippen LogP contribution in [0.2, 0.25) is 0 Å². The number of nitrogens with zero attached hydrogens (tertiary/aromatic N) is 1. The van der Waals surface area contributed by atoms with Crippen LogP contribution in [0.4, 0.5) is 8.78 Å². The third kappa shape index (κ3) is 3.31. The lowest BCUT2D eigenvalue weighted by Gasteiger charge is -2.29. The molecule has 1 saturated heterocycles. The normalized spacial score (nSPS) is 15.6. The average Bonchev–Trinajstić information content (AvgIpc) is 2.55. The number of carbonyl (C=O) groups excluding carboxylic acids is 1. The Morgan fingerprint density at radius 3 is 2.38 bits per heavy atom. The molecule has 2 aromatic rings. The molecule has 3 nitrogen and oxygen atoms in total. The third-order valence-electron chi connectivity index (χ3n) is 4.45. The Balaban J connectivity index is 1.86. The van der Waals surface area contributed by atoms with Crippen LogP contribution in [0, 0.1) is 18.6 Å². The highest BCUT2D eigenvalue weighted by atomic mass is 19.1. The summed E-state index contributed by atoms with van der Waals surface area (Å²) in [6.07, 6.45) is 0.719. The zero-order chi connectivity index (χ0) is 17.3. The molecule has 0 saturated carbocycles. The van der Waals surface area contributed by atoms with E-state index in [0.29, 0.717) is 42.6 Å². The van der Waals surface area contributed by atoms with Crippen LogP contribution < -0.4 is 0 Å². The standard InChI is InChI=1S/C19H19F2NO2/c1-12-10-14(20)3-5-16(12)17-4-2-13(11-18(17)21)19(24)22-8-6-15(23)7-9-22/h2-5,10-11,15,23H,6-9H2,1H3. The van der Waals surface area contributed by atoms with Crippen molar-refractivity contribution >= 4 is 5.91 Å². The van der Waals surface area contributed by atoms with Gasteiger partial charge in [0.15, 0.2) is 0 Å². The molecule has 5 heteroatoms. The summed E-state index contributed by atoms with van der Waals surface area (Å²) < 4.78 is 27.7. The minimum absolute atomic E-state index is 0.233. The first-order valence-electron chi connectivity index (χ1n) is 7.99. The van der Waals surface area contributed by atoms with Gasteiger partial charge in [-0.3, -0.25) is 4.79 Å². The van der Waals surface area contributed by atoms with Gasteiger partial charge in [0.05, 0.1) is 6.10 Å². The van der Waals surface area contributed by atoms with Crippen LogP contribution in [0.25, 0.3) is 11.1 Å². The number of halogens is 2. The van der Waals surface area contributed by atoms with Crippen molar-refractivity contribution in [3.8, 4) is 11.1 Å². The zero-order valence-electron chi connectivity index (χ0n) is 13.4. The van der Waals surface area contributed by atoms with Crippen LogP contribution >= 0.6 is 0 Å². The predicted octanol–water partition coefficient (Wildman–Crippen LogP) is 3.54. The fraction of sp³-hybridized carbons (Fsp3) is 0.316. The van der Waals surface area contributed by atoms with E-state index in [0.717, 1.165) is 0 Å². The van der Waals surface area contributed by atoms with Gasteiger partial charge in [-0.25, -0.2) is 8.78 Å². The third-order valence-corrected chi connectivity index (χ3v) is 4.45. The van der Waals surface area contributed by atoms with Gasteiger partial charge >= 0.3 is 0 Å². The van der Waals surface area contributed by atoms with E-state index in [2.05, 4.69) is 0 Å². The number of aryl methyl sites for hydroxylation is 1. The van der Waals surface area contributed by atoms with Gasteiger partial charge in [0, 0.05) is 24.2 Å². The number of hydrogen-bond acceptors (Lipinski definition) is 2. The number of hydrogen-bond donors (Lipinski definition) is 1. The number of likely N-dealkylation sites (tertiary alicyclic amines) is 1. The van der Waals surface area contributed by atoms with Gasteiger partial charge in [0.1, 0.15) is 11.6 Å². The molecule has 1 aliphatic heterocycles. The smallest absolute Gasteiger partial charge is 0.253 e. The molecule has 1 fully saturated rings. The summed E-state index contributed by atoms with van der Waals surface area (Å²) in [5.41, 5.74) is 1.87. The van der Waals surface area contributed by atoms with E-state index >= 15 is 0 Å². The number of piperidine rings is 1. The molecule has 0 bridgehead atoms. The Labute approximate surface area is 139 Å². The summed E-state index contributed by atoms with van der Waals surface area (Å²) in [6.45, 7) is 2.66. The second-order valence-corrected chi connectivity index (χ2v) is 6.18. The molecule has 1 amide bonds. The summed E-state index contributed by atoms with van der Waals surface area (Å²) in [5, 5.41) is 9.51. The van der Waals surface area contributed by atoms with Gasteiger partial charge in [0.2, 0.25) is 0 Å². The summed E-state index contributed by atoms with van der Waals surface area (Å²) in [7, 11) is 0. The second kappa shape index (κ2) is 6.69. The van der Waals surface area contributed by atoms with E-state index in [1.165, 1.54) is 24.3 Å². The van der Waals surface area contributed by atoms with Crippen molar-refractivity contribution in [2.75, 3.05) is 13.1 Å². The van der Waals surface area contributed by atoms with E-state index < -0.39 is 5.82 Å². The molecule has 0 aliphatic carbocycles. The van der Waals surface area contributed by atoms with Crippen molar-refractivity contribution in [1.29, 1.82) is 0 Å². The Bertz CT molecular complexity index is 768. The molecule has 0 unspecified atom stereocenters. The van der Waals surface area contributed by atoms with E-state index in [1.807, 2.05) is 0 Å². The maximum Gasteiger partial charge on any atom is 0.253 e. The molecule has 2 aromatic carbocycles. The van der Waals surface area contributed by atoms with Crippen LogP contribution in [0.3, 0.4) is 0 Å². The van der Waals surface area contributed by atoms with Crippen LogP contribution in [-0.4, -0.2) is 35.1 Å². The van der Waals surface area contributed by atoms with Gasteiger partial charge < -0.3 is 10.0 Å². The predicted molar refractivity (Wildman–Crippen MR) is 87.7 cm³/mol. The largest absolute Gasteiger partial charge is 0.393 e. The van der Waals surface area contributed by atoms with Gasteiger partial charge in [-0.2, -0.15) is 0 Å². The van der Waals surface area contributed by atoms with Crippen molar-refractivity contribution in [2.24, 2.45) is 0 Å². The number of aliphatic hydroxyl groups is 1. The molecule has 0 atom stereocenters. The van der Waals surface area contributed by atoms with E-state index in [1.54, 1.807) is 24.0 Å². The second-order valence-electron chi connectivity index (χ2n) is 6.18. The first kappa shape index (κ1) is 16.6.